The van der Waals surface area contributed by atoms with E-state index < -0.39 is 45.0 Å². The van der Waals surface area contributed by atoms with Gasteiger partial charge in [-0.2, -0.15) is 0 Å². The molecule has 1 aliphatic heterocycles. The van der Waals surface area contributed by atoms with Gasteiger partial charge in [0.1, 0.15) is 17.7 Å². The summed E-state index contributed by atoms with van der Waals surface area (Å²) in [7, 11) is -2.55. The molecule has 4 N–H and O–H groups in total. The molecule has 5 rings (SSSR count). The normalized spacial score (nSPS) is 15.6. The van der Waals surface area contributed by atoms with Crippen molar-refractivity contribution < 1.29 is 27.1 Å². The predicted octanol–water partition coefficient (Wildman–Crippen LogP) is 6.40. The molecule has 0 saturated carbocycles. The first-order valence-electron chi connectivity index (χ1n) is 15.2. The molecule has 0 radical (unpaired) electrons. The number of carbonyl (C=O) groups excluding carboxylic acids is 2. The molecule has 1 aromatic heterocycles. The molecule has 2 atom stereocenters. The Balaban J connectivity index is 1.60. The van der Waals surface area contributed by atoms with Gasteiger partial charge in [0.25, 0.3) is 0 Å². The number of amides is 2. The van der Waals surface area contributed by atoms with Gasteiger partial charge in [-0.3, -0.25) is 10.1 Å². The highest BCUT2D eigenvalue weighted by atomic mass is 32.2. The van der Waals surface area contributed by atoms with E-state index in [0.717, 1.165) is 16.3 Å². The summed E-state index contributed by atoms with van der Waals surface area (Å²) in [6, 6.07) is 14.7. The van der Waals surface area contributed by atoms with Crippen molar-refractivity contribution in [2.24, 2.45) is 0 Å². The Morgan fingerprint density at radius 3 is 2.57 bits per heavy atom. The lowest BCUT2D eigenvalue weighted by molar-refractivity contribution is -0.133. The van der Waals surface area contributed by atoms with Crippen LogP contribution in [0.15, 0.2) is 71.8 Å². The van der Waals surface area contributed by atoms with Gasteiger partial charge in [0, 0.05) is 35.1 Å². The van der Waals surface area contributed by atoms with E-state index in [1.165, 1.54) is 25.3 Å². The van der Waals surface area contributed by atoms with Crippen LogP contribution in [0, 0.1) is 5.82 Å². The van der Waals surface area contributed by atoms with Gasteiger partial charge in [-0.15, -0.1) is 0 Å². The average molecular weight is 648 g/mol. The Hall–Kier alpha value is -4.71. The maximum Gasteiger partial charge on any atom is 0.411 e. The Morgan fingerprint density at radius 2 is 1.85 bits per heavy atom. The van der Waals surface area contributed by atoms with Crippen molar-refractivity contribution in [1.29, 1.82) is 0 Å². The maximum atomic E-state index is 15.6. The number of sulfone groups is 1. The lowest BCUT2D eigenvalue weighted by Crippen LogP contribution is -2.38. The summed E-state index contributed by atoms with van der Waals surface area (Å²) in [6.45, 7) is 5.46. The number of rotatable bonds is 9. The van der Waals surface area contributed by atoms with E-state index >= 15 is 4.39 Å². The summed E-state index contributed by atoms with van der Waals surface area (Å²) in [5.41, 5.74) is 8.36. The molecule has 242 valence electrons. The van der Waals surface area contributed by atoms with Crippen molar-refractivity contribution in [2.45, 2.75) is 62.3 Å². The summed E-state index contributed by atoms with van der Waals surface area (Å²) < 4.78 is 47.4. The van der Waals surface area contributed by atoms with Crippen LogP contribution in [0.5, 0.6) is 0 Å². The van der Waals surface area contributed by atoms with Crippen LogP contribution in [0.1, 0.15) is 62.4 Å². The Bertz CT molecular complexity index is 1900. The van der Waals surface area contributed by atoms with Crippen LogP contribution in [0.3, 0.4) is 0 Å². The van der Waals surface area contributed by atoms with Gasteiger partial charge in [0.2, 0.25) is 5.91 Å². The molecule has 1 aliphatic rings. The molecule has 0 bridgehead atoms. The number of methoxy groups -OCH3 is 1. The first kappa shape index (κ1) is 32.7. The molecule has 1 fully saturated rings. The van der Waals surface area contributed by atoms with E-state index in [4.69, 9.17) is 10.5 Å². The highest BCUT2D eigenvalue weighted by molar-refractivity contribution is 7.92. The molecule has 1 saturated heterocycles. The third-order valence-electron chi connectivity index (χ3n) is 8.40. The molecule has 4 aromatic rings. The monoisotopic (exact) mass is 647 g/mol. The fourth-order valence-corrected chi connectivity index (χ4v) is 7.14. The van der Waals surface area contributed by atoms with Crippen molar-refractivity contribution in [3.05, 3.63) is 89.4 Å². The Kier molecular flexibility index (Phi) is 9.47. The smallest absolute Gasteiger partial charge is 0.411 e. The van der Waals surface area contributed by atoms with Crippen molar-refractivity contribution in [1.82, 2.24) is 9.88 Å². The first-order chi connectivity index (χ1) is 21.9. The van der Waals surface area contributed by atoms with Crippen LogP contribution >= 0.6 is 0 Å². The fourth-order valence-electron chi connectivity index (χ4n) is 5.85. The third kappa shape index (κ3) is 6.48. The third-order valence-corrected chi connectivity index (χ3v) is 10.6. The molecule has 0 unspecified atom stereocenters. The van der Waals surface area contributed by atoms with Crippen LogP contribution in [0.2, 0.25) is 0 Å². The number of pyridine rings is 1. The number of hydrogen-bond acceptors (Lipinski definition) is 8. The van der Waals surface area contributed by atoms with Crippen molar-refractivity contribution in [3.63, 3.8) is 0 Å². The lowest BCUT2D eigenvalue weighted by Gasteiger charge is -2.32. The number of anilines is 3. The SMILES string of the molecule is CCc1ccc(F)c([C@@H](Nc2ccc3c(N)nccc3c2)C(=O)N2CCC[C@@H]2c2cc(NC(=O)OC)ccc2S(=O)(=O)C(C)C)c1. The number of halogens is 1. The van der Waals surface area contributed by atoms with E-state index in [2.05, 4.69) is 15.6 Å². The minimum Gasteiger partial charge on any atom is -0.453 e. The van der Waals surface area contributed by atoms with Crippen LogP contribution in [-0.4, -0.2) is 49.2 Å². The van der Waals surface area contributed by atoms with Gasteiger partial charge >= 0.3 is 6.09 Å². The van der Waals surface area contributed by atoms with Gasteiger partial charge in [-0.1, -0.05) is 19.1 Å². The number of fused-ring (bicyclic) bond motifs is 1. The zero-order valence-electron chi connectivity index (χ0n) is 26.2. The van der Waals surface area contributed by atoms with Crippen LogP contribution in [-0.2, 0) is 25.8 Å². The molecular formula is C34H38FN5O5S. The van der Waals surface area contributed by atoms with Gasteiger partial charge < -0.3 is 20.7 Å². The number of aromatic nitrogens is 1. The Labute approximate surface area is 268 Å². The number of ether oxygens (including phenoxy) is 1. The minimum absolute atomic E-state index is 0.0759. The molecule has 46 heavy (non-hydrogen) atoms. The maximum absolute atomic E-state index is 15.6. The number of nitrogens with zero attached hydrogens (tertiary/aromatic N) is 2. The fraction of sp³-hybridized carbons (Fsp3) is 0.324. The first-order valence-corrected chi connectivity index (χ1v) is 16.7. The van der Waals surface area contributed by atoms with E-state index in [-0.39, 0.29) is 10.5 Å². The topological polar surface area (TPSA) is 144 Å². The summed E-state index contributed by atoms with van der Waals surface area (Å²) >= 11 is 0. The number of nitrogens with one attached hydrogen (secondary N) is 2. The molecule has 12 heteroatoms. The summed E-state index contributed by atoms with van der Waals surface area (Å²) in [5, 5.41) is 6.68. The van der Waals surface area contributed by atoms with Crippen molar-refractivity contribution in [2.75, 3.05) is 30.0 Å². The van der Waals surface area contributed by atoms with Crippen LogP contribution in [0.25, 0.3) is 10.8 Å². The highest BCUT2D eigenvalue weighted by Crippen LogP contribution is 2.40. The number of likely N-dealkylation sites (tertiary alicyclic amines) is 1. The van der Waals surface area contributed by atoms with Crippen molar-refractivity contribution >= 4 is 49.8 Å². The highest BCUT2D eigenvalue weighted by Gasteiger charge is 2.39. The quantitative estimate of drug-likeness (QED) is 0.190. The number of aryl methyl sites for hydroxylation is 1. The number of benzene rings is 3. The van der Waals surface area contributed by atoms with E-state index in [0.29, 0.717) is 48.6 Å². The second kappa shape index (κ2) is 13.3. The second-order valence-electron chi connectivity index (χ2n) is 11.6. The van der Waals surface area contributed by atoms with E-state index in [1.54, 1.807) is 61.3 Å². The summed E-state index contributed by atoms with van der Waals surface area (Å²) in [5.74, 6) is -0.585. The molecular weight excluding hydrogens is 609 g/mol. The molecule has 3 aromatic carbocycles. The van der Waals surface area contributed by atoms with Crippen LogP contribution < -0.4 is 16.4 Å². The second-order valence-corrected chi connectivity index (χ2v) is 14.0. The van der Waals surface area contributed by atoms with E-state index in [9.17, 15) is 18.0 Å². The molecule has 2 amide bonds. The average Bonchev–Trinajstić information content (AvgIpc) is 3.53. The minimum atomic E-state index is -3.78. The number of carbonyl (C=O) groups is 2. The largest absolute Gasteiger partial charge is 0.453 e. The number of hydrogen-bond donors (Lipinski definition) is 3. The number of nitrogens with two attached hydrogens (primary N) is 1. The standard InChI is InChI=1S/C34H38FN5O5S/c1-5-21-8-12-28(35)26(17-21)31(38-23-9-11-25-22(18-23)14-15-37-32(25)36)33(41)40-16-6-7-29(40)27-19-24(39-34(42)45-4)10-13-30(27)46(43,44)20(2)3/h8-15,17-20,29,31,38H,5-7,16H2,1-4H3,(H2,36,37)(H,39,42)/t29-,31-/m1/s1. The molecule has 10 nitrogen and oxygen atoms in total. The van der Waals surface area contributed by atoms with Gasteiger partial charge in [0.15, 0.2) is 9.84 Å². The zero-order valence-corrected chi connectivity index (χ0v) is 27.0. The predicted molar refractivity (Wildman–Crippen MR) is 177 cm³/mol. The zero-order chi connectivity index (χ0) is 33.2. The Morgan fingerprint density at radius 1 is 1.09 bits per heavy atom. The summed E-state index contributed by atoms with van der Waals surface area (Å²) in [4.78, 5) is 32.5. The number of nitrogen functional groups attached to an aromatic ring is 1. The lowest BCUT2D eigenvalue weighted by atomic mass is 9.98. The summed E-state index contributed by atoms with van der Waals surface area (Å²) in [6.07, 6.45) is 2.58. The van der Waals surface area contributed by atoms with E-state index in [1.807, 2.05) is 13.0 Å². The van der Waals surface area contributed by atoms with Gasteiger partial charge in [-0.05, 0) is 98.2 Å². The molecule has 0 aliphatic carbocycles. The van der Waals surface area contributed by atoms with Crippen LogP contribution in [0.4, 0.5) is 26.4 Å². The van der Waals surface area contributed by atoms with Gasteiger partial charge in [-0.25, -0.2) is 22.6 Å². The van der Waals surface area contributed by atoms with Gasteiger partial charge in [0.05, 0.1) is 23.3 Å². The molecule has 0 spiro atoms. The molecule has 2 heterocycles. The van der Waals surface area contributed by atoms with Crippen molar-refractivity contribution in [3.8, 4) is 0 Å².